The standard InChI is InChI=1S/C30H22ClNO3/c1-35-30(34)22-13-9-10-20(18-22)19-32-26-17-8-6-15-24(26)28(29(32)33)27(21-11-3-2-4-12-21)23-14-5-7-16-25(23)31/h2-18H,19H2,1H3/b28-27+. The minimum absolute atomic E-state index is 0.117. The number of amides is 1. The molecule has 0 radical (unpaired) electrons. The number of halogens is 1. The molecular weight excluding hydrogens is 458 g/mol. The van der Waals surface area contributed by atoms with E-state index >= 15 is 0 Å². The Balaban J connectivity index is 1.68. The van der Waals surface area contributed by atoms with Crippen LogP contribution < -0.4 is 4.90 Å². The van der Waals surface area contributed by atoms with E-state index in [0.717, 1.165) is 33.5 Å². The molecule has 5 rings (SSSR count). The summed E-state index contributed by atoms with van der Waals surface area (Å²) < 4.78 is 4.86. The van der Waals surface area contributed by atoms with E-state index in [1.165, 1.54) is 7.11 Å². The van der Waals surface area contributed by atoms with Crippen LogP contribution in [0, 0.1) is 0 Å². The molecule has 1 aliphatic rings. The SMILES string of the molecule is COC(=O)c1cccc(CN2C(=O)/C(=C(\c3ccccc3)c3ccccc3Cl)c3ccccc32)c1. The largest absolute Gasteiger partial charge is 0.465 e. The number of benzene rings is 4. The number of hydrogen-bond donors (Lipinski definition) is 0. The maximum atomic E-state index is 14.1. The molecule has 1 heterocycles. The summed E-state index contributed by atoms with van der Waals surface area (Å²) >= 11 is 6.65. The molecule has 35 heavy (non-hydrogen) atoms. The van der Waals surface area contributed by atoms with Crippen LogP contribution in [0.1, 0.15) is 32.6 Å². The first-order valence-corrected chi connectivity index (χ1v) is 11.6. The zero-order chi connectivity index (χ0) is 24.4. The first-order valence-electron chi connectivity index (χ1n) is 11.2. The van der Waals surface area contributed by atoms with E-state index in [1.54, 1.807) is 23.1 Å². The van der Waals surface area contributed by atoms with Crippen LogP contribution in [0.25, 0.3) is 11.1 Å². The highest BCUT2D eigenvalue weighted by molar-refractivity contribution is 6.40. The quantitative estimate of drug-likeness (QED) is 0.238. The number of hydrogen-bond acceptors (Lipinski definition) is 3. The number of esters is 1. The van der Waals surface area contributed by atoms with Crippen molar-refractivity contribution in [2.24, 2.45) is 0 Å². The van der Waals surface area contributed by atoms with Crippen LogP contribution >= 0.6 is 11.6 Å². The molecule has 0 aromatic heterocycles. The van der Waals surface area contributed by atoms with Gasteiger partial charge >= 0.3 is 5.97 Å². The van der Waals surface area contributed by atoms with Crippen LogP contribution in [-0.4, -0.2) is 19.0 Å². The Morgan fingerprint density at radius 3 is 2.29 bits per heavy atom. The molecule has 0 bridgehead atoms. The monoisotopic (exact) mass is 479 g/mol. The van der Waals surface area contributed by atoms with Crippen LogP contribution in [0.5, 0.6) is 0 Å². The molecule has 0 saturated carbocycles. The van der Waals surface area contributed by atoms with Gasteiger partial charge in [-0.05, 0) is 35.4 Å². The molecule has 0 saturated heterocycles. The second-order valence-electron chi connectivity index (χ2n) is 8.20. The summed E-state index contributed by atoms with van der Waals surface area (Å²) in [7, 11) is 1.35. The van der Waals surface area contributed by atoms with Crippen molar-refractivity contribution in [3.8, 4) is 0 Å². The Bertz CT molecular complexity index is 1460. The normalized spacial score (nSPS) is 14.0. The Hall–Kier alpha value is -4.15. The Morgan fingerprint density at radius 1 is 0.829 bits per heavy atom. The zero-order valence-electron chi connectivity index (χ0n) is 19.1. The molecule has 172 valence electrons. The number of fused-ring (bicyclic) bond motifs is 1. The fourth-order valence-electron chi connectivity index (χ4n) is 4.48. The molecular formula is C30H22ClNO3. The molecule has 0 spiro atoms. The van der Waals surface area contributed by atoms with Crippen molar-refractivity contribution in [1.82, 2.24) is 0 Å². The Morgan fingerprint density at radius 2 is 1.51 bits per heavy atom. The molecule has 0 N–H and O–H groups in total. The van der Waals surface area contributed by atoms with Gasteiger partial charge in [-0.15, -0.1) is 0 Å². The number of anilines is 1. The fourth-order valence-corrected chi connectivity index (χ4v) is 4.71. The Labute approximate surface area is 209 Å². The van der Waals surface area contributed by atoms with E-state index in [1.807, 2.05) is 84.9 Å². The van der Waals surface area contributed by atoms with Gasteiger partial charge in [-0.2, -0.15) is 0 Å². The van der Waals surface area contributed by atoms with Crippen LogP contribution in [-0.2, 0) is 16.1 Å². The van der Waals surface area contributed by atoms with Crippen molar-refractivity contribution < 1.29 is 14.3 Å². The van der Waals surface area contributed by atoms with Crippen LogP contribution in [0.15, 0.2) is 103 Å². The topological polar surface area (TPSA) is 46.6 Å². The summed E-state index contributed by atoms with van der Waals surface area (Å²) in [6.07, 6.45) is 0. The molecule has 4 aromatic carbocycles. The van der Waals surface area contributed by atoms with Crippen molar-refractivity contribution in [1.29, 1.82) is 0 Å². The number of rotatable bonds is 5. The van der Waals surface area contributed by atoms with E-state index < -0.39 is 5.97 Å². The van der Waals surface area contributed by atoms with Crippen molar-refractivity contribution >= 4 is 40.3 Å². The first kappa shape index (κ1) is 22.6. The molecule has 0 fully saturated rings. The van der Waals surface area contributed by atoms with Gasteiger partial charge < -0.3 is 9.64 Å². The summed E-state index contributed by atoms with van der Waals surface area (Å²) in [6, 6.07) is 32.3. The van der Waals surface area contributed by atoms with Crippen molar-refractivity contribution in [2.75, 3.05) is 12.0 Å². The zero-order valence-corrected chi connectivity index (χ0v) is 19.8. The van der Waals surface area contributed by atoms with Crippen molar-refractivity contribution in [2.45, 2.75) is 6.54 Å². The van der Waals surface area contributed by atoms with Gasteiger partial charge in [-0.1, -0.05) is 90.5 Å². The third kappa shape index (κ3) is 4.25. The predicted molar refractivity (Wildman–Crippen MR) is 139 cm³/mol. The van der Waals surface area contributed by atoms with Gasteiger partial charge in [0, 0.05) is 21.7 Å². The summed E-state index contributed by atoms with van der Waals surface area (Å²) in [5, 5.41) is 0.577. The molecule has 0 aliphatic carbocycles. The van der Waals surface area contributed by atoms with Gasteiger partial charge in [0.2, 0.25) is 0 Å². The number of carbonyl (C=O) groups excluding carboxylic acids is 2. The first-order chi connectivity index (χ1) is 17.1. The van der Waals surface area contributed by atoms with Gasteiger partial charge in [0.05, 0.1) is 30.5 Å². The summed E-state index contributed by atoms with van der Waals surface area (Å²) in [4.78, 5) is 27.9. The maximum absolute atomic E-state index is 14.1. The van der Waals surface area contributed by atoms with Gasteiger partial charge in [0.15, 0.2) is 0 Å². The van der Waals surface area contributed by atoms with Crippen LogP contribution in [0.4, 0.5) is 5.69 Å². The smallest absolute Gasteiger partial charge is 0.337 e. The van der Waals surface area contributed by atoms with E-state index in [-0.39, 0.29) is 5.91 Å². The second kappa shape index (κ2) is 9.61. The lowest BCUT2D eigenvalue weighted by atomic mass is 9.90. The second-order valence-corrected chi connectivity index (χ2v) is 8.60. The third-order valence-electron chi connectivity index (χ3n) is 6.07. The van der Waals surface area contributed by atoms with Gasteiger partial charge in [0.1, 0.15) is 0 Å². The average Bonchev–Trinajstić information content (AvgIpc) is 3.17. The molecule has 0 unspecified atom stereocenters. The van der Waals surface area contributed by atoms with Crippen molar-refractivity contribution in [3.05, 3.63) is 136 Å². The van der Waals surface area contributed by atoms with E-state index in [0.29, 0.717) is 22.7 Å². The highest BCUT2D eigenvalue weighted by atomic mass is 35.5. The number of nitrogens with zero attached hydrogens (tertiary/aromatic N) is 1. The lowest BCUT2D eigenvalue weighted by molar-refractivity contribution is -0.113. The summed E-state index contributed by atoms with van der Waals surface area (Å²) in [5.41, 5.74) is 6.04. The molecule has 4 nitrogen and oxygen atoms in total. The fraction of sp³-hybridized carbons (Fsp3) is 0.0667. The maximum Gasteiger partial charge on any atom is 0.337 e. The molecule has 1 aliphatic heterocycles. The molecule has 5 heteroatoms. The van der Waals surface area contributed by atoms with Crippen molar-refractivity contribution in [3.63, 3.8) is 0 Å². The van der Waals surface area contributed by atoms with E-state index in [2.05, 4.69) is 0 Å². The van der Waals surface area contributed by atoms with E-state index in [9.17, 15) is 9.59 Å². The van der Waals surface area contributed by atoms with Gasteiger partial charge in [-0.25, -0.2) is 4.79 Å². The number of carbonyl (C=O) groups is 2. The van der Waals surface area contributed by atoms with Crippen LogP contribution in [0.2, 0.25) is 5.02 Å². The molecule has 4 aromatic rings. The highest BCUT2D eigenvalue weighted by Gasteiger charge is 2.35. The molecule has 0 atom stereocenters. The average molecular weight is 480 g/mol. The number of para-hydroxylation sites is 1. The van der Waals surface area contributed by atoms with Crippen LogP contribution in [0.3, 0.4) is 0 Å². The summed E-state index contributed by atoms with van der Waals surface area (Å²) in [5.74, 6) is -0.529. The Kier molecular flexibility index (Phi) is 6.21. The number of methoxy groups -OCH3 is 1. The van der Waals surface area contributed by atoms with Gasteiger partial charge in [-0.3, -0.25) is 4.79 Å². The minimum Gasteiger partial charge on any atom is -0.465 e. The predicted octanol–water partition coefficient (Wildman–Crippen LogP) is 6.63. The minimum atomic E-state index is -0.411. The highest BCUT2D eigenvalue weighted by Crippen LogP contribution is 2.44. The number of ether oxygens (including phenoxy) is 1. The summed E-state index contributed by atoms with van der Waals surface area (Å²) in [6.45, 7) is 0.314. The van der Waals surface area contributed by atoms with E-state index in [4.69, 9.17) is 16.3 Å². The third-order valence-corrected chi connectivity index (χ3v) is 6.40. The molecule has 1 amide bonds. The lowest BCUT2D eigenvalue weighted by Crippen LogP contribution is -2.26. The lowest BCUT2D eigenvalue weighted by Gasteiger charge is -2.18. The van der Waals surface area contributed by atoms with Gasteiger partial charge in [0.25, 0.3) is 5.91 Å².